The minimum Gasteiger partial charge on any atom is -0.507 e. The Kier molecular flexibility index (Phi) is 7.21. The Morgan fingerprint density at radius 1 is 1.21 bits per heavy atom. The van der Waals surface area contributed by atoms with Gasteiger partial charge in [0.15, 0.2) is 0 Å². The molecule has 8 nitrogen and oxygen atoms in total. The summed E-state index contributed by atoms with van der Waals surface area (Å²) in [6.07, 6.45) is 0. The molecule has 1 atom stereocenters. The molecule has 176 valence electrons. The van der Waals surface area contributed by atoms with Gasteiger partial charge in [-0.3, -0.25) is 9.59 Å². The molecule has 1 unspecified atom stereocenters. The average molecular weight is 494 g/mol. The lowest BCUT2D eigenvalue weighted by Gasteiger charge is -2.26. The molecule has 2 heterocycles. The number of amides is 1. The fourth-order valence-corrected chi connectivity index (χ4v) is 4.30. The third-order valence-corrected chi connectivity index (χ3v) is 6.39. The number of H-pyrrole nitrogens is 1. The molecular weight excluding hydrogens is 469 g/mol. The lowest BCUT2D eigenvalue weighted by molar-refractivity contribution is -0.140. The van der Waals surface area contributed by atoms with Crippen LogP contribution < -0.4 is 0 Å². The summed E-state index contributed by atoms with van der Waals surface area (Å²) >= 11 is 12.3. The molecule has 0 aliphatic carbocycles. The quantitative estimate of drug-likeness (QED) is 0.275. The summed E-state index contributed by atoms with van der Waals surface area (Å²) in [5.74, 6) is -2.53. The fraction of sp³-hybridized carbons (Fsp3) is 0.348. The van der Waals surface area contributed by atoms with Crippen LogP contribution in [0.3, 0.4) is 0 Å². The number of carbonyl (C=O) groups excluding carboxylic acids is 3. The molecule has 1 aliphatic rings. The fourth-order valence-electron chi connectivity index (χ4n) is 3.99. The van der Waals surface area contributed by atoms with Crippen LogP contribution in [0.15, 0.2) is 23.8 Å². The minimum absolute atomic E-state index is 0.0845. The zero-order chi connectivity index (χ0) is 24.6. The van der Waals surface area contributed by atoms with Gasteiger partial charge in [0.2, 0.25) is 0 Å². The zero-order valence-electron chi connectivity index (χ0n) is 19.0. The van der Waals surface area contributed by atoms with E-state index in [0.29, 0.717) is 28.4 Å². The van der Waals surface area contributed by atoms with E-state index < -0.39 is 23.7 Å². The van der Waals surface area contributed by atoms with Gasteiger partial charge >= 0.3 is 5.97 Å². The van der Waals surface area contributed by atoms with Crippen LogP contribution in [0.1, 0.15) is 38.9 Å². The maximum atomic E-state index is 13.1. The van der Waals surface area contributed by atoms with Crippen LogP contribution in [0.25, 0.3) is 5.76 Å². The molecule has 0 spiro atoms. The lowest BCUT2D eigenvalue weighted by Crippen LogP contribution is -2.35. The Morgan fingerprint density at radius 3 is 2.45 bits per heavy atom. The number of ketones is 1. The number of ether oxygens (including phenoxy) is 1. The molecule has 0 bridgehead atoms. The topological polar surface area (TPSA) is 103 Å². The van der Waals surface area contributed by atoms with Crippen LogP contribution in [0.4, 0.5) is 0 Å². The Labute approximate surface area is 201 Å². The number of nitrogens with zero attached hydrogens (tertiary/aromatic N) is 2. The summed E-state index contributed by atoms with van der Waals surface area (Å²) in [7, 11) is 4.95. The molecule has 1 aromatic heterocycles. The van der Waals surface area contributed by atoms with Crippen molar-refractivity contribution in [2.75, 3.05) is 34.3 Å². The largest absolute Gasteiger partial charge is 0.507 e. The van der Waals surface area contributed by atoms with Crippen LogP contribution in [0, 0.1) is 13.8 Å². The number of aliphatic hydroxyl groups excluding tert-OH is 1. The number of likely N-dealkylation sites (tertiary alicyclic amines) is 1. The van der Waals surface area contributed by atoms with Crippen molar-refractivity contribution < 1.29 is 24.2 Å². The number of Topliss-reactive ketones (excluding diaryl/α,β-unsaturated/α-hetero) is 1. The third kappa shape index (κ3) is 4.51. The third-order valence-electron chi connectivity index (χ3n) is 5.65. The minimum atomic E-state index is -0.880. The van der Waals surface area contributed by atoms with Crippen molar-refractivity contribution >= 4 is 46.6 Å². The number of likely N-dealkylation sites (N-methyl/N-ethyl adjacent to an activating group) is 1. The number of aryl methyl sites for hydroxylation is 1. The number of rotatable bonds is 6. The molecule has 0 radical (unpaired) electrons. The van der Waals surface area contributed by atoms with Gasteiger partial charge in [-0.2, -0.15) is 0 Å². The zero-order valence-corrected chi connectivity index (χ0v) is 20.5. The maximum Gasteiger partial charge on any atom is 0.354 e. The molecular formula is C23H25Cl2N3O5. The van der Waals surface area contributed by atoms with Crippen molar-refractivity contribution in [3.05, 3.63) is 61.9 Å². The first-order valence-corrected chi connectivity index (χ1v) is 10.9. The van der Waals surface area contributed by atoms with Gasteiger partial charge in [0.1, 0.15) is 11.5 Å². The van der Waals surface area contributed by atoms with E-state index in [2.05, 4.69) is 4.98 Å². The number of esters is 1. The van der Waals surface area contributed by atoms with E-state index in [9.17, 15) is 19.5 Å². The lowest BCUT2D eigenvalue weighted by atomic mass is 9.94. The first-order chi connectivity index (χ1) is 15.5. The second-order valence-corrected chi connectivity index (χ2v) is 8.90. The monoisotopic (exact) mass is 493 g/mol. The number of aromatic amines is 1. The number of hydrogen-bond acceptors (Lipinski definition) is 6. The molecule has 33 heavy (non-hydrogen) atoms. The van der Waals surface area contributed by atoms with Crippen LogP contribution in [0.2, 0.25) is 10.0 Å². The van der Waals surface area contributed by atoms with Gasteiger partial charge < -0.3 is 24.6 Å². The summed E-state index contributed by atoms with van der Waals surface area (Å²) in [6, 6.07) is 3.94. The van der Waals surface area contributed by atoms with Gasteiger partial charge in [0, 0.05) is 24.3 Å². The molecule has 2 N–H and O–H groups in total. The predicted molar refractivity (Wildman–Crippen MR) is 126 cm³/mol. The van der Waals surface area contributed by atoms with Gasteiger partial charge in [-0.05, 0) is 51.2 Å². The van der Waals surface area contributed by atoms with E-state index in [-0.39, 0.29) is 34.2 Å². The van der Waals surface area contributed by atoms with Crippen molar-refractivity contribution in [2.45, 2.75) is 19.9 Å². The molecule has 2 aromatic rings. The Morgan fingerprint density at radius 2 is 1.88 bits per heavy atom. The summed E-state index contributed by atoms with van der Waals surface area (Å²) in [5.41, 5.74) is 1.74. The number of nitrogens with one attached hydrogen (secondary N) is 1. The smallest absolute Gasteiger partial charge is 0.354 e. The summed E-state index contributed by atoms with van der Waals surface area (Å²) in [6.45, 7) is 4.03. The van der Waals surface area contributed by atoms with Crippen molar-refractivity contribution in [1.29, 1.82) is 0 Å². The van der Waals surface area contributed by atoms with Crippen molar-refractivity contribution in [2.24, 2.45) is 0 Å². The van der Waals surface area contributed by atoms with Crippen molar-refractivity contribution in [1.82, 2.24) is 14.8 Å². The summed E-state index contributed by atoms with van der Waals surface area (Å²) in [4.78, 5) is 44.4. The molecule has 1 amide bonds. The van der Waals surface area contributed by atoms with Gasteiger partial charge in [0.25, 0.3) is 11.7 Å². The highest BCUT2D eigenvalue weighted by molar-refractivity contribution is 6.47. The van der Waals surface area contributed by atoms with E-state index in [0.717, 1.165) is 0 Å². The van der Waals surface area contributed by atoms with Crippen LogP contribution in [-0.4, -0.2) is 71.8 Å². The number of methoxy groups -OCH3 is 1. The summed E-state index contributed by atoms with van der Waals surface area (Å²) in [5, 5.41) is 11.9. The number of carbonyl (C=O) groups is 3. The normalized spacial score (nSPS) is 17.8. The van der Waals surface area contributed by atoms with Crippen molar-refractivity contribution in [3.63, 3.8) is 0 Å². The Hall–Kier alpha value is -2.81. The van der Waals surface area contributed by atoms with Gasteiger partial charge in [-0.15, -0.1) is 0 Å². The second-order valence-electron chi connectivity index (χ2n) is 8.09. The highest BCUT2D eigenvalue weighted by Crippen LogP contribution is 2.42. The van der Waals surface area contributed by atoms with Crippen LogP contribution >= 0.6 is 23.2 Å². The maximum absolute atomic E-state index is 13.1. The van der Waals surface area contributed by atoms with E-state index in [4.69, 9.17) is 27.9 Å². The number of aromatic nitrogens is 1. The molecule has 1 fully saturated rings. The summed E-state index contributed by atoms with van der Waals surface area (Å²) < 4.78 is 4.79. The SMILES string of the molecule is COC(=O)c1[nH]c(C)c(C(O)=C2C(=O)C(=O)N(CCN(C)C)C2c2ccc(Cl)c(Cl)c2)c1C. The second kappa shape index (κ2) is 9.59. The van der Waals surface area contributed by atoms with Gasteiger partial charge in [0.05, 0.1) is 28.8 Å². The van der Waals surface area contributed by atoms with Crippen molar-refractivity contribution in [3.8, 4) is 0 Å². The Bertz CT molecular complexity index is 1170. The molecule has 1 aliphatic heterocycles. The highest BCUT2D eigenvalue weighted by Gasteiger charge is 2.46. The van der Waals surface area contributed by atoms with Gasteiger partial charge in [-0.1, -0.05) is 29.3 Å². The van der Waals surface area contributed by atoms with E-state index >= 15 is 0 Å². The Balaban J connectivity index is 2.24. The highest BCUT2D eigenvalue weighted by atomic mass is 35.5. The van der Waals surface area contributed by atoms with E-state index in [1.165, 1.54) is 12.0 Å². The number of hydrogen-bond donors (Lipinski definition) is 2. The molecule has 1 aromatic carbocycles. The molecule has 1 saturated heterocycles. The standard InChI is InChI=1S/C23H25Cl2N3O5/c1-11-16(12(2)26-18(11)23(32)33-5)20(29)17-19(13-6-7-14(24)15(25)10-13)28(9-8-27(3)4)22(31)21(17)30/h6-7,10,19,26,29H,8-9H2,1-5H3. The number of aliphatic hydroxyl groups is 1. The average Bonchev–Trinajstić information content (AvgIpc) is 3.20. The number of benzene rings is 1. The molecule has 0 saturated carbocycles. The van der Waals surface area contributed by atoms with Crippen LogP contribution in [0.5, 0.6) is 0 Å². The predicted octanol–water partition coefficient (Wildman–Crippen LogP) is 3.71. The van der Waals surface area contributed by atoms with Gasteiger partial charge in [-0.25, -0.2) is 4.79 Å². The first kappa shape index (κ1) is 24.8. The van der Waals surface area contributed by atoms with E-state index in [1.807, 2.05) is 19.0 Å². The first-order valence-electron chi connectivity index (χ1n) is 10.2. The molecule has 10 heteroatoms. The number of halogens is 2. The van der Waals surface area contributed by atoms with Crippen LogP contribution in [-0.2, 0) is 14.3 Å². The van der Waals surface area contributed by atoms with E-state index in [1.54, 1.807) is 32.0 Å². The molecule has 3 rings (SSSR count).